The molecule has 0 aliphatic heterocycles. The molecule has 0 heterocycles. The maximum atomic E-state index is 14.5. The fourth-order valence-electron chi connectivity index (χ4n) is 2.88. The van der Waals surface area contributed by atoms with Gasteiger partial charge in [0.15, 0.2) is 0 Å². The SMILES string of the molecule is COc1ccc(S(=O)(=O)N(CC(=O)Nc2ccc(C(N)=O)cc2)c2ccccc2F)cc1. The van der Waals surface area contributed by atoms with E-state index in [4.69, 9.17) is 10.5 Å². The Kier molecular flexibility index (Phi) is 6.74. The molecule has 3 N–H and O–H groups in total. The Morgan fingerprint density at radius 3 is 2.19 bits per heavy atom. The van der Waals surface area contributed by atoms with Crippen molar-refractivity contribution in [2.24, 2.45) is 5.73 Å². The molecule has 10 heteroatoms. The van der Waals surface area contributed by atoms with E-state index in [1.807, 2.05) is 0 Å². The second-order valence-electron chi connectivity index (χ2n) is 6.63. The third-order valence-corrected chi connectivity index (χ3v) is 6.28. The van der Waals surface area contributed by atoms with Crippen LogP contribution in [0.1, 0.15) is 10.4 Å². The first-order valence-electron chi connectivity index (χ1n) is 9.33. The van der Waals surface area contributed by atoms with E-state index in [9.17, 15) is 22.4 Å². The summed E-state index contributed by atoms with van der Waals surface area (Å²) in [6, 6.07) is 16.5. The van der Waals surface area contributed by atoms with Gasteiger partial charge in [0.05, 0.1) is 17.7 Å². The number of ether oxygens (including phenoxy) is 1. The summed E-state index contributed by atoms with van der Waals surface area (Å²) in [5.41, 5.74) is 5.48. The van der Waals surface area contributed by atoms with Crippen molar-refractivity contribution < 1.29 is 27.1 Å². The lowest BCUT2D eigenvalue weighted by molar-refractivity contribution is -0.114. The average Bonchev–Trinajstić information content (AvgIpc) is 2.78. The lowest BCUT2D eigenvalue weighted by Gasteiger charge is -2.24. The molecule has 3 rings (SSSR count). The molecule has 166 valence electrons. The first-order chi connectivity index (χ1) is 15.2. The number of nitrogens with two attached hydrogens (primary N) is 1. The number of methoxy groups -OCH3 is 1. The predicted molar refractivity (Wildman–Crippen MR) is 118 cm³/mol. The number of para-hydroxylation sites is 1. The van der Waals surface area contributed by atoms with E-state index in [2.05, 4.69) is 5.32 Å². The number of hydrogen-bond acceptors (Lipinski definition) is 5. The molecule has 0 spiro atoms. The van der Waals surface area contributed by atoms with Gasteiger partial charge in [-0.3, -0.25) is 13.9 Å². The number of benzene rings is 3. The number of anilines is 2. The maximum absolute atomic E-state index is 14.5. The standard InChI is InChI=1S/C22H20FN3O5S/c1-31-17-10-12-18(13-11-17)32(29,30)26(20-5-3-2-4-19(20)23)14-21(27)25-16-8-6-15(7-9-16)22(24)28/h2-13H,14H2,1H3,(H2,24,28)(H,25,27). The van der Waals surface area contributed by atoms with E-state index < -0.39 is 34.2 Å². The molecule has 0 saturated carbocycles. The van der Waals surface area contributed by atoms with Crippen LogP contribution in [-0.4, -0.2) is 33.9 Å². The molecule has 0 aliphatic rings. The summed E-state index contributed by atoms with van der Waals surface area (Å²) in [7, 11) is -2.85. The monoisotopic (exact) mass is 457 g/mol. The van der Waals surface area contributed by atoms with Gasteiger partial charge in [-0.2, -0.15) is 0 Å². The molecular weight excluding hydrogens is 437 g/mol. The molecular formula is C22H20FN3O5S. The van der Waals surface area contributed by atoms with Gasteiger partial charge in [-0.05, 0) is 60.7 Å². The molecule has 0 bridgehead atoms. The summed E-state index contributed by atoms with van der Waals surface area (Å²) < 4.78 is 46.8. The first kappa shape index (κ1) is 22.8. The molecule has 0 aliphatic carbocycles. The van der Waals surface area contributed by atoms with Crippen LogP contribution in [0.5, 0.6) is 5.75 Å². The van der Waals surface area contributed by atoms with Crippen molar-refractivity contribution in [3.8, 4) is 5.75 Å². The zero-order chi connectivity index (χ0) is 23.3. The maximum Gasteiger partial charge on any atom is 0.264 e. The Labute approximate surface area is 184 Å². The molecule has 0 aromatic heterocycles. The summed E-state index contributed by atoms with van der Waals surface area (Å²) >= 11 is 0. The number of amides is 2. The number of halogens is 1. The van der Waals surface area contributed by atoms with E-state index in [0.29, 0.717) is 15.7 Å². The number of carbonyl (C=O) groups is 2. The van der Waals surface area contributed by atoms with Gasteiger partial charge in [0, 0.05) is 11.3 Å². The third kappa shape index (κ3) is 5.03. The van der Waals surface area contributed by atoms with Crippen molar-refractivity contribution in [2.45, 2.75) is 4.90 Å². The highest BCUT2D eigenvalue weighted by Crippen LogP contribution is 2.27. The second-order valence-corrected chi connectivity index (χ2v) is 8.49. The number of sulfonamides is 1. The smallest absolute Gasteiger partial charge is 0.264 e. The van der Waals surface area contributed by atoms with Gasteiger partial charge in [-0.1, -0.05) is 12.1 Å². The van der Waals surface area contributed by atoms with E-state index in [1.54, 1.807) is 0 Å². The molecule has 3 aromatic rings. The summed E-state index contributed by atoms with van der Waals surface area (Å²) in [5.74, 6) is -1.70. The van der Waals surface area contributed by atoms with Crippen LogP contribution in [0.2, 0.25) is 0 Å². The van der Waals surface area contributed by atoms with Crippen molar-refractivity contribution >= 4 is 33.2 Å². The van der Waals surface area contributed by atoms with E-state index in [-0.39, 0.29) is 16.1 Å². The highest BCUT2D eigenvalue weighted by atomic mass is 32.2. The summed E-state index contributed by atoms with van der Waals surface area (Å²) in [5, 5.41) is 2.53. The fraction of sp³-hybridized carbons (Fsp3) is 0.0909. The molecule has 0 unspecified atom stereocenters. The van der Waals surface area contributed by atoms with Crippen LogP contribution < -0.4 is 20.1 Å². The van der Waals surface area contributed by atoms with Crippen molar-refractivity contribution in [3.05, 3.63) is 84.2 Å². The number of nitrogens with zero attached hydrogens (tertiary/aromatic N) is 1. The van der Waals surface area contributed by atoms with Crippen LogP contribution in [0.15, 0.2) is 77.7 Å². The third-order valence-electron chi connectivity index (χ3n) is 4.51. The van der Waals surface area contributed by atoms with Crippen LogP contribution in [0.3, 0.4) is 0 Å². The normalized spacial score (nSPS) is 10.9. The van der Waals surface area contributed by atoms with E-state index >= 15 is 0 Å². The van der Waals surface area contributed by atoms with Gasteiger partial charge < -0.3 is 15.8 Å². The molecule has 2 amide bonds. The number of nitrogens with one attached hydrogen (secondary N) is 1. The molecule has 3 aromatic carbocycles. The van der Waals surface area contributed by atoms with Crippen molar-refractivity contribution in [2.75, 3.05) is 23.3 Å². The van der Waals surface area contributed by atoms with Gasteiger partial charge in [-0.15, -0.1) is 0 Å². The molecule has 0 saturated heterocycles. The van der Waals surface area contributed by atoms with Gasteiger partial charge in [-0.25, -0.2) is 12.8 Å². The van der Waals surface area contributed by atoms with E-state index in [0.717, 1.165) is 6.07 Å². The van der Waals surface area contributed by atoms with Crippen LogP contribution >= 0.6 is 0 Å². The van der Waals surface area contributed by atoms with Crippen LogP contribution in [0.4, 0.5) is 15.8 Å². The average molecular weight is 457 g/mol. The molecule has 32 heavy (non-hydrogen) atoms. The summed E-state index contributed by atoms with van der Waals surface area (Å²) in [4.78, 5) is 23.7. The minimum absolute atomic E-state index is 0.139. The zero-order valence-corrected chi connectivity index (χ0v) is 17.8. The minimum Gasteiger partial charge on any atom is -0.497 e. The molecule has 0 atom stereocenters. The molecule has 0 fully saturated rings. The van der Waals surface area contributed by atoms with Gasteiger partial charge >= 0.3 is 0 Å². The minimum atomic E-state index is -4.29. The second kappa shape index (κ2) is 9.48. The van der Waals surface area contributed by atoms with Crippen LogP contribution in [0, 0.1) is 5.82 Å². The number of rotatable bonds is 8. The highest BCUT2D eigenvalue weighted by molar-refractivity contribution is 7.92. The molecule has 0 radical (unpaired) electrons. The van der Waals surface area contributed by atoms with E-state index in [1.165, 1.54) is 73.8 Å². The number of carbonyl (C=O) groups excluding carboxylic acids is 2. The Hall–Kier alpha value is -3.92. The van der Waals surface area contributed by atoms with Crippen molar-refractivity contribution in [1.29, 1.82) is 0 Å². The summed E-state index contributed by atoms with van der Waals surface area (Å²) in [6.45, 7) is -0.688. The lowest BCUT2D eigenvalue weighted by Crippen LogP contribution is -2.38. The lowest BCUT2D eigenvalue weighted by atomic mass is 10.2. The Bertz CT molecular complexity index is 1230. The fourth-order valence-corrected chi connectivity index (χ4v) is 4.31. The summed E-state index contributed by atoms with van der Waals surface area (Å²) in [6.07, 6.45) is 0. The highest BCUT2D eigenvalue weighted by Gasteiger charge is 2.29. The first-order valence-corrected chi connectivity index (χ1v) is 10.8. The van der Waals surface area contributed by atoms with Crippen LogP contribution in [-0.2, 0) is 14.8 Å². The Morgan fingerprint density at radius 1 is 1.00 bits per heavy atom. The van der Waals surface area contributed by atoms with Crippen LogP contribution in [0.25, 0.3) is 0 Å². The topological polar surface area (TPSA) is 119 Å². The largest absolute Gasteiger partial charge is 0.497 e. The van der Waals surface area contributed by atoms with Gasteiger partial charge in [0.25, 0.3) is 10.0 Å². The predicted octanol–water partition coefficient (Wildman–Crippen LogP) is 2.77. The quantitative estimate of drug-likeness (QED) is 0.539. The number of hydrogen-bond donors (Lipinski definition) is 2. The van der Waals surface area contributed by atoms with Crippen molar-refractivity contribution in [1.82, 2.24) is 0 Å². The van der Waals surface area contributed by atoms with Gasteiger partial charge in [0.2, 0.25) is 11.8 Å². The Balaban J connectivity index is 1.91. The Morgan fingerprint density at radius 2 is 1.62 bits per heavy atom. The molecule has 8 nitrogen and oxygen atoms in total. The number of primary amides is 1. The zero-order valence-electron chi connectivity index (χ0n) is 17.0. The van der Waals surface area contributed by atoms with Gasteiger partial charge in [0.1, 0.15) is 18.1 Å². The van der Waals surface area contributed by atoms with Crippen molar-refractivity contribution in [3.63, 3.8) is 0 Å².